The van der Waals surface area contributed by atoms with Gasteiger partial charge in [-0.2, -0.15) is 0 Å². The Morgan fingerprint density at radius 3 is 2.50 bits per heavy atom. The van der Waals surface area contributed by atoms with E-state index >= 15 is 0 Å². The molecule has 1 aliphatic heterocycles. The summed E-state index contributed by atoms with van der Waals surface area (Å²) in [7, 11) is 0. The fraction of sp³-hybridized carbons (Fsp3) is 0.316. The third-order valence-corrected chi connectivity index (χ3v) is 5.55. The molecule has 124 valence electrons. The third-order valence-electron chi connectivity index (χ3n) is 4.73. The molecule has 2 aromatic rings. The minimum Gasteiger partial charge on any atom is -0.490 e. The van der Waals surface area contributed by atoms with Crippen molar-refractivity contribution in [1.82, 2.24) is 0 Å². The number of hydrogen-bond acceptors (Lipinski definition) is 3. The van der Waals surface area contributed by atoms with E-state index in [1.54, 1.807) is 24.3 Å². The molecule has 2 fully saturated rings. The zero-order valence-corrected chi connectivity index (χ0v) is 15.3. The smallest absolute Gasteiger partial charge is 0.194 e. The van der Waals surface area contributed by atoms with Crippen LogP contribution in [0.3, 0.4) is 0 Å². The second-order valence-corrected chi connectivity index (χ2v) is 7.94. The molecule has 0 atom stereocenters. The van der Waals surface area contributed by atoms with Gasteiger partial charge in [-0.25, -0.2) is 0 Å². The highest BCUT2D eigenvalue weighted by Gasteiger charge is 2.51. The minimum absolute atomic E-state index is 0.0953. The third kappa shape index (κ3) is 2.99. The highest BCUT2D eigenvalue weighted by atomic mass is 79.9. The van der Waals surface area contributed by atoms with Crippen LogP contribution in [-0.4, -0.2) is 25.1 Å². The van der Waals surface area contributed by atoms with Crippen LogP contribution in [0.25, 0.3) is 0 Å². The number of benzene rings is 2. The first-order valence-corrected chi connectivity index (χ1v) is 9.06. The maximum Gasteiger partial charge on any atom is 0.194 e. The highest BCUT2D eigenvalue weighted by molar-refractivity contribution is 9.10. The van der Waals surface area contributed by atoms with Gasteiger partial charge in [-0.1, -0.05) is 27.5 Å². The Labute approximate surface area is 154 Å². The fourth-order valence-corrected chi connectivity index (χ4v) is 3.88. The summed E-state index contributed by atoms with van der Waals surface area (Å²) in [6.07, 6.45) is 2.37. The molecule has 0 unspecified atom stereocenters. The largest absolute Gasteiger partial charge is 0.490 e. The highest BCUT2D eigenvalue weighted by Crippen LogP contribution is 2.48. The summed E-state index contributed by atoms with van der Waals surface area (Å²) >= 11 is 9.51. The van der Waals surface area contributed by atoms with Gasteiger partial charge >= 0.3 is 0 Å². The van der Waals surface area contributed by atoms with E-state index < -0.39 is 0 Å². The van der Waals surface area contributed by atoms with Gasteiger partial charge in [0.25, 0.3) is 0 Å². The standard InChI is InChI=1S/C19H16BrClO3/c20-13-3-6-17(21)16(7-13)18(22)12-1-4-14(5-2-12)24-15-8-19(9-15)10-23-11-19/h1-7,15H,8-11H2. The van der Waals surface area contributed by atoms with Gasteiger partial charge in [-0.05, 0) is 55.3 Å². The van der Waals surface area contributed by atoms with Crippen molar-refractivity contribution in [3.05, 3.63) is 63.1 Å². The number of rotatable bonds is 4. The van der Waals surface area contributed by atoms with Crippen LogP contribution < -0.4 is 4.74 Å². The lowest BCUT2D eigenvalue weighted by molar-refractivity contribution is -0.191. The molecule has 24 heavy (non-hydrogen) atoms. The summed E-state index contributed by atoms with van der Waals surface area (Å²) in [6.45, 7) is 1.74. The Hall–Kier alpha value is -1.36. The van der Waals surface area contributed by atoms with Crippen molar-refractivity contribution in [2.24, 2.45) is 5.41 Å². The molecule has 5 heteroatoms. The van der Waals surface area contributed by atoms with Crippen LogP contribution in [0.1, 0.15) is 28.8 Å². The molecule has 3 nitrogen and oxygen atoms in total. The van der Waals surface area contributed by atoms with E-state index in [4.69, 9.17) is 21.1 Å². The average molecular weight is 408 g/mol. The van der Waals surface area contributed by atoms with Crippen molar-refractivity contribution >= 4 is 33.3 Å². The first-order valence-electron chi connectivity index (χ1n) is 7.89. The van der Waals surface area contributed by atoms with E-state index in [0.29, 0.717) is 21.6 Å². The lowest BCUT2D eigenvalue weighted by Crippen LogP contribution is -2.56. The van der Waals surface area contributed by atoms with Crippen molar-refractivity contribution in [2.45, 2.75) is 18.9 Å². The molecule has 1 spiro atoms. The Morgan fingerprint density at radius 1 is 1.17 bits per heavy atom. The summed E-state index contributed by atoms with van der Waals surface area (Å²) < 4.78 is 12.1. The first-order chi connectivity index (χ1) is 11.5. The molecule has 0 bridgehead atoms. The zero-order chi connectivity index (χ0) is 16.7. The molecule has 2 aliphatic rings. The summed E-state index contributed by atoms with van der Waals surface area (Å²) in [5.74, 6) is 0.703. The van der Waals surface area contributed by atoms with Gasteiger partial charge in [0.1, 0.15) is 11.9 Å². The summed E-state index contributed by atoms with van der Waals surface area (Å²) in [5, 5.41) is 0.450. The van der Waals surface area contributed by atoms with Crippen LogP contribution in [-0.2, 0) is 4.74 Å². The van der Waals surface area contributed by atoms with Crippen molar-refractivity contribution < 1.29 is 14.3 Å². The number of ketones is 1. The summed E-state index contributed by atoms with van der Waals surface area (Å²) in [4.78, 5) is 12.6. The fourth-order valence-electron chi connectivity index (χ4n) is 3.32. The van der Waals surface area contributed by atoms with Crippen molar-refractivity contribution in [3.8, 4) is 5.75 Å². The molecule has 1 saturated heterocycles. The van der Waals surface area contributed by atoms with Crippen molar-refractivity contribution in [3.63, 3.8) is 0 Å². The maximum absolute atomic E-state index is 12.6. The molecule has 2 aromatic carbocycles. The lowest BCUT2D eigenvalue weighted by Gasteiger charge is -2.52. The normalized spacial score (nSPS) is 18.8. The van der Waals surface area contributed by atoms with E-state index in [2.05, 4.69) is 15.9 Å². The molecular weight excluding hydrogens is 392 g/mol. The summed E-state index contributed by atoms with van der Waals surface area (Å²) in [5.41, 5.74) is 1.48. The molecule has 1 saturated carbocycles. The quantitative estimate of drug-likeness (QED) is 0.677. The van der Waals surface area contributed by atoms with Crippen LogP contribution in [0.4, 0.5) is 0 Å². The average Bonchev–Trinajstić information content (AvgIpc) is 2.51. The SMILES string of the molecule is O=C(c1ccc(OC2CC3(COC3)C2)cc1)c1cc(Br)ccc1Cl. The Bertz CT molecular complexity index is 776. The number of carbonyl (C=O) groups excluding carboxylic acids is 1. The Balaban J connectivity index is 1.43. The van der Waals surface area contributed by atoms with Gasteiger partial charge in [-0.3, -0.25) is 4.79 Å². The van der Waals surface area contributed by atoms with Crippen molar-refractivity contribution in [2.75, 3.05) is 13.2 Å². The molecule has 1 aliphatic carbocycles. The van der Waals surface area contributed by atoms with Gasteiger partial charge in [-0.15, -0.1) is 0 Å². The molecule has 0 radical (unpaired) electrons. The number of halogens is 2. The van der Waals surface area contributed by atoms with Crippen LogP contribution >= 0.6 is 27.5 Å². The zero-order valence-electron chi connectivity index (χ0n) is 12.9. The Morgan fingerprint density at radius 2 is 1.88 bits per heavy atom. The monoisotopic (exact) mass is 406 g/mol. The molecule has 4 rings (SSSR count). The van der Waals surface area contributed by atoms with Gasteiger partial charge in [0.05, 0.1) is 18.2 Å². The topological polar surface area (TPSA) is 35.5 Å². The number of ether oxygens (including phenoxy) is 2. The minimum atomic E-state index is -0.0953. The molecular formula is C19H16BrClO3. The van der Waals surface area contributed by atoms with Crippen LogP contribution in [0, 0.1) is 5.41 Å². The second kappa shape index (κ2) is 6.17. The van der Waals surface area contributed by atoms with Crippen LogP contribution in [0.5, 0.6) is 5.75 Å². The van der Waals surface area contributed by atoms with E-state index in [-0.39, 0.29) is 11.9 Å². The van der Waals surface area contributed by atoms with E-state index in [1.165, 1.54) is 0 Å². The molecule has 0 aromatic heterocycles. The van der Waals surface area contributed by atoms with Crippen molar-refractivity contribution in [1.29, 1.82) is 0 Å². The number of hydrogen-bond donors (Lipinski definition) is 0. The van der Waals surface area contributed by atoms with E-state index in [9.17, 15) is 4.79 Å². The van der Waals surface area contributed by atoms with Gasteiger partial charge < -0.3 is 9.47 Å². The summed E-state index contributed by atoms with van der Waals surface area (Å²) in [6, 6.07) is 12.5. The second-order valence-electron chi connectivity index (χ2n) is 6.62. The molecule has 0 amide bonds. The predicted molar refractivity (Wildman–Crippen MR) is 95.9 cm³/mol. The Kier molecular flexibility index (Phi) is 4.15. The van der Waals surface area contributed by atoms with Gasteiger partial charge in [0.15, 0.2) is 5.78 Å². The van der Waals surface area contributed by atoms with Gasteiger partial charge in [0, 0.05) is 21.0 Å². The van der Waals surface area contributed by atoms with Crippen LogP contribution in [0.2, 0.25) is 5.02 Å². The predicted octanol–water partition coefficient (Wildman–Crippen LogP) is 4.89. The number of carbonyl (C=O) groups is 1. The maximum atomic E-state index is 12.6. The van der Waals surface area contributed by atoms with E-state index in [0.717, 1.165) is 36.3 Å². The molecule has 1 heterocycles. The molecule has 0 N–H and O–H groups in total. The van der Waals surface area contributed by atoms with E-state index in [1.807, 2.05) is 18.2 Å². The first kappa shape index (κ1) is 16.1. The lowest BCUT2D eigenvalue weighted by atomic mass is 9.65. The van der Waals surface area contributed by atoms with Gasteiger partial charge in [0.2, 0.25) is 0 Å². The van der Waals surface area contributed by atoms with Crippen LogP contribution in [0.15, 0.2) is 46.9 Å².